The molecule has 8 nitrogen and oxygen atoms in total. The lowest BCUT2D eigenvalue weighted by Crippen LogP contribution is -2.44. The number of aliphatic hydroxyl groups is 1. The average molecular weight is 478 g/mol. The lowest BCUT2D eigenvalue weighted by atomic mass is 9.86. The van der Waals surface area contributed by atoms with Crippen LogP contribution in [0.3, 0.4) is 0 Å². The molecule has 2 aromatic heterocycles. The van der Waals surface area contributed by atoms with Gasteiger partial charge in [-0.15, -0.1) is 11.8 Å². The van der Waals surface area contributed by atoms with Crippen LogP contribution >= 0.6 is 11.8 Å². The second-order valence-corrected chi connectivity index (χ2v) is 10.1. The molecule has 0 saturated heterocycles. The molecule has 34 heavy (non-hydrogen) atoms. The van der Waals surface area contributed by atoms with Gasteiger partial charge in [0.1, 0.15) is 6.61 Å². The summed E-state index contributed by atoms with van der Waals surface area (Å²) in [6.45, 7) is 3.92. The fourth-order valence-corrected chi connectivity index (χ4v) is 6.54. The second kappa shape index (κ2) is 7.41. The van der Waals surface area contributed by atoms with Crippen molar-refractivity contribution in [3.05, 3.63) is 56.4 Å². The predicted octanol–water partition coefficient (Wildman–Crippen LogP) is 2.36. The fourth-order valence-electron chi connectivity index (χ4n) is 5.33. The van der Waals surface area contributed by atoms with E-state index < -0.39 is 11.6 Å². The second-order valence-electron chi connectivity index (χ2n) is 8.98. The number of hydrogen-bond acceptors (Lipinski definition) is 7. The maximum Gasteiger partial charge on any atom is 0.343 e. The molecule has 3 aliphatic heterocycles. The van der Waals surface area contributed by atoms with Crippen LogP contribution in [0.1, 0.15) is 48.1 Å². The first-order valence-corrected chi connectivity index (χ1v) is 12.3. The van der Waals surface area contributed by atoms with Crippen molar-refractivity contribution in [2.24, 2.45) is 0 Å². The van der Waals surface area contributed by atoms with E-state index in [9.17, 15) is 19.5 Å². The van der Waals surface area contributed by atoms with Crippen LogP contribution in [0.2, 0.25) is 0 Å². The monoisotopic (exact) mass is 477 g/mol. The standard InChI is InChI=1S/C25H23N3O5S/c1-3-25(32)17-8-19-21-15(10-28(19)23(30)16(17)11-33-24(25)31)14-6-7-34-22-13(9-26-12(2)29)4-5-18(27-21)20(14)22/h4-5,8,32H,3,6-7,9-11H2,1-2H3,(H,26,29). The molecule has 3 aliphatic rings. The lowest BCUT2D eigenvalue weighted by Gasteiger charge is -2.31. The summed E-state index contributed by atoms with van der Waals surface area (Å²) in [5.41, 5.74) is 4.01. The first kappa shape index (κ1) is 21.4. The normalized spacial score (nSPS) is 19.9. The molecule has 0 radical (unpaired) electrons. The van der Waals surface area contributed by atoms with Crippen LogP contribution in [0.25, 0.3) is 22.3 Å². The van der Waals surface area contributed by atoms with Gasteiger partial charge in [-0.2, -0.15) is 0 Å². The number of aromatic nitrogens is 2. The fraction of sp³-hybridized carbons (Fsp3) is 0.360. The minimum atomic E-state index is -1.83. The van der Waals surface area contributed by atoms with Gasteiger partial charge in [0, 0.05) is 40.6 Å². The zero-order valence-electron chi connectivity index (χ0n) is 18.9. The van der Waals surface area contributed by atoms with E-state index in [1.165, 1.54) is 12.5 Å². The highest BCUT2D eigenvalue weighted by Crippen LogP contribution is 2.45. The van der Waals surface area contributed by atoms with Gasteiger partial charge in [0.05, 0.1) is 29.0 Å². The summed E-state index contributed by atoms with van der Waals surface area (Å²) in [6, 6.07) is 5.71. The van der Waals surface area contributed by atoms with E-state index in [1.54, 1.807) is 29.3 Å². The van der Waals surface area contributed by atoms with E-state index >= 15 is 0 Å². The summed E-state index contributed by atoms with van der Waals surface area (Å²) < 4.78 is 6.85. The number of esters is 1. The Labute approximate surface area is 199 Å². The Bertz CT molecular complexity index is 1490. The highest BCUT2D eigenvalue weighted by atomic mass is 32.2. The van der Waals surface area contributed by atoms with Gasteiger partial charge in [0.2, 0.25) is 5.91 Å². The number of hydrogen-bond donors (Lipinski definition) is 2. The van der Waals surface area contributed by atoms with Crippen LogP contribution in [-0.2, 0) is 46.0 Å². The molecule has 6 rings (SSSR count). The topological polar surface area (TPSA) is 111 Å². The van der Waals surface area contributed by atoms with Gasteiger partial charge >= 0.3 is 5.97 Å². The Hall–Kier alpha value is -3.17. The van der Waals surface area contributed by atoms with Crippen molar-refractivity contribution in [3.63, 3.8) is 0 Å². The molecule has 2 N–H and O–H groups in total. The molecular formula is C25H23N3O5S. The zero-order chi connectivity index (χ0) is 23.8. The minimum Gasteiger partial charge on any atom is -0.458 e. The number of carbonyl (C=O) groups is 2. The average Bonchev–Trinajstić information content (AvgIpc) is 3.20. The van der Waals surface area contributed by atoms with Crippen LogP contribution in [0.4, 0.5) is 0 Å². The van der Waals surface area contributed by atoms with Crippen LogP contribution in [0.5, 0.6) is 0 Å². The van der Waals surface area contributed by atoms with Crippen molar-refractivity contribution >= 4 is 34.5 Å². The van der Waals surface area contributed by atoms with Gasteiger partial charge in [-0.1, -0.05) is 13.0 Å². The number of nitrogens with zero attached hydrogens (tertiary/aromatic N) is 2. The lowest BCUT2D eigenvalue weighted by molar-refractivity contribution is -0.172. The number of carbonyl (C=O) groups excluding carboxylic acids is 2. The van der Waals surface area contributed by atoms with Gasteiger partial charge in [-0.25, -0.2) is 9.78 Å². The first-order chi connectivity index (χ1) is 16.3. The van der Waals surface area contributed by atoms with Gasteiger partial charge in [-0.3, -0.25) is 9.59 Å². The highest BCUT2D eigenvalue weighted by Gasteiger charge is 2.45. The molecule has 0 aliphatic carbocycles. The molecule has 1 unspecified atom stereocenters. The molecule has 5 heterocycles. The molecular weight excluding hydrogens is 454 g/mol. The Kier molecular flexibility index (Phi) is 4.66. The number of benzene rings is 1. The number of amides is 1. The third-order valence-corrected chi connectivity index (χ3v) is 8.29. The third kappa shape index (κ3) is 2.83. The van der Waals surface area contributed by atoms with Crippen LogP contribution < -0.4 is 10.9 Å². The predicted molar refractivity (Wildman–Crippen MR) is 126 cm³/mol. The third-order valence-electron chi connectivity index (χ3n) is 7.13. The number of fused-ring (bicyclic) bond motifs is 5. The van der Waals surface area contributed by atoms with Gasteiger partial charge in [0.15, 0.2) is 5.60 Å². The van der Waals surface area contributed by atoms with E-state index in [0.717, 1.165) is 44.8 Å². The quantitative estimate of drug-likeness (QED) is 0.436. The van der Waals surface area contributed by atoms with Crippen molar-refractivity contribution in [2.75, 3.05) is 5.75 Å². The van der Waals surface area contributed by atoms with Gasteiger partial charge in [-0.05, 0) is 36.1 Å². The molecule has 0 saturated carbocycles. The maximum absolute atomic E-state index is 13.4. The number of aryl methyl sites for hydroxylation is 1. The van der Waals surface area contributed by atoms with E-state index in [1.807, 2.05) is 12.1 Å². The minimum absolute atomic E-state index is 0.0753. The van der Waals surface area contributed by atoms with E-state index in [2.05, 4.69) is 5.32 Å². The Morgan fingerprint density at radius 1 is 1.29 bits per heavy atom. The summed E-state index contributed by atoms with van der Waals surface area (Å²) >= 11 is 1.77. The summed E-state index contributed by atoms with van der Waals surface area (Å²) in [7, 11) is 0. The molecule has 9 heteroatoms. The zero-order valence-corrected chi connectivity index (χ0v) is 19.7. The SMILES string of the molecule is CCC1(O)C(=O)OCc2c1cc1n(c2=O)Cc2c-1nc1ccc(CNC(C)=O)c3c1c2CCS3. The van der Waals surface area contributed by atoms with Crippen molar-refractivity contribution < 1.29 is 19.4 Å². The summed E-state index contributed by atoms with van der Waals surface area (Å²) in [5, 5.41) is 15.0. The van der Waals surface area contributed by atoms with E-state index in [-0.39, 0.29) is 24.5 Å². The smallest absolute Gasteiger partial charge is 0.343 e. The Morgan fingerprint density at radius 2 is 2.12 bits per heavy atom. The number of thioether (sulfide) groups is 1. The molecule has 3 aromatic rings. The number of nitrogens with one attached hydrogen (secondary N) is 1. The van der Waals surface area contributed by atoms with Crippen molar-refractivity contribution in [3.8, 4) is 11.4 Å². The summed E-state index contributed by atoms with van der Waals surface area (Å²) in [5.74, 6) is 0.101. The van der Waals surface area contributed by atoms with Crippen molar-refractivity contribution in [1.29, 1.82) is 0 Å². The van der Waals surface area contributed by atoms with Crippen molar-refractivity contribution in [1.82, 2.24) is 14.9 Å². The first-order valence-electron chi connectivity index (χ1n) is 11.3. The number of ether oxygens (including phenoxy) is 1. The summed E-state index contributed by atoms with van der Waals surface area (Å²) in [4.78, 5) is 43.4. The van der Waals surface area contributed by atoms with Crippen molar-refractivity contribution in [2.45, 2.75) is 56.9 Å². The summed E-state index contributed by atoms with van der Waals surface area (Å²) in [6.07, 6.45) is 0.966. The molecule has 1 atom stereocenters. The molecule has 0 spiro atoms. The Morgan fingerprint density at radius 3 is 2.88 bits per heavy atom. The molecule has 1 aromatic carbocycles. The molecule has 174 valence electrons. The highest BCUT2D eigenvalue weighted by molar-refractivity contribution is 7.99. The van der Waals surface area contributed by atoms with E-state index in [0.29, 0.717) is 29.9 Å². The van der Waals surface area contributed by atoms with Crippen LogP contribution in [-0.4, -0.2) is 32.3 Å². The van der Waals surface area contributed by atoms with E-state index in [4.69, 9.17) is 9.72 Å². The Balaban J connectivity index is 1.58. The van der Waals surface area contributed by atoms with Gasteiger partial charge in [0.25, 0.3) is 5.56 Å². The van der Waals surface area contributed by atoms with Crippen LogP contribution in [0, 0.1) is 0 Å². The molecule has 0 bridgehead atoms. The molecule has 0 fully saturated rings. The number of cyclic esters (lactones) is 1. The van der Waals surface area contributed by atoms with Gasteiger partial charge < -0.3 is 19.7 Å². The number of rotatable bonds is 3. The van der Waals surface area contributed by atoms with Crippen LogP contribution in [0.15, 0.2) is 27.9 Å². The number of pyridine rings is 2. The maximum atomic E-state index is 13.4. The molecule has 1 amide bonds. The largest absolute Gasteiger partial charge is 0.458 e.